The molecule has 0 radical (unpaired) electrons. The monoisotopic (exact) mass is 304 g/mol. The SMILES string of the molecule is C[C@@H]1OC(C)(C)O[C@H]1COSI. The first-order chi connectivity index (χ1) is 5.55. The maximum Gasteiger partial charge on any atom is 0.163 e. The fraction of sp³-hybridized carbons (Fsp3) is 1.00. The summed E-state index contributed by atoms with van der Waals surface area (Å²) in [6.45, 7) is 6.42. The lowest BCUT2D eigenvalue weighted by molar-refractivity contribution is -0.146. The third-order valence-electron chi connectivity index (χ3n) is 1.71. The number of ether oxygens (including phenoxy) is 2. The van der Waals surface area contributed by atoms with Gasteiger partial charge in [0.15, 0.2) is 5.79 Å². The lowest BCUT2D eigenvalue weighted by Gasteiger charge is -2.16. The van der Waals surface area contributed by atoms with Gasteiger partial charge in [-0.05, 0) is 20.8 Å². The summed E-state index contributed by atoms with van der Waals surface area (Å²) in [7, 11) is 1.33. The van der Waals surface area contributed by atoms with Crippen LogP contribution in [0.2, 0.25) is 0 Å². The van der Waals surface area contributed by atoms with Crippen molar-refractivity contribution < 1.29 is 13.7 Å². The summed E-state index contributed by atoms with van der Waals surface area (Å²) in [5.74, 6) is -0.455. The third kappa shape index (κ3) is 3.02. The molecule has 0 unspecified atom stereocenters. The molecule has 12 heavy (non-hydrogen) atoms. The maximum atomic E-state index is 5.60. The van der Waals surface area contributed by atoms with E-state index in [0.29, 0.717) is 6.61 Å². The van der Waals surface area contributed by atoms with Gasteiger partial charge in [-0.2, -0.15) is 0 Å². The number of rotatable bonds is 3. The van der Waals surface area contributed by atoms with Gasteiger partial charge in [0.05, 0.1) is 21.9 Å². The van der Waals surface area contributed by atoms with Crippen LogP contribution in [0.15, 0.2) is 0 Å². The Morgan fingerprint density at radius 3 is 2.58 bits per heavy atom. The van der Waals surface area contributed by atoms with Crippen LogP contribution >= 0.6 is 30.4 Å². The molecule has 0 N–H and O–H groups in total. The molecule has 0 aromatic carbocycles. The van der Waals surface area contributed by atoms with Crippen molar-refractivity contribution in [1.82, 2.24) is 0 Å². The van der Waals surface area contributed by atoms with E-state index >= 15 is 0 Å². The van der Waals surface area contributed by atoms with Crippen molar-refractivity contribution in [2.24, 2.45) is 0 Å². The molecule has 0 aliphatic carbocycles. The standard InChI is InChI=1S/C7H13IO3S/c1-5-6(4-9-12-8)11-7(2,3)10-5/h5-6H,4H2,1-3H3/t5-,6-/m0/s1. The van der Waals surface area contributed by atoms with Crippen molar-refractivity contribution >= 4 is 30.4 Å². The molecule has 1 fully saturated rings. The highest BCUT2D eigenvalue weighted by Crippen LogP contribution is 2.29. The fourth-order valence-electron chi connectivity index (χ4n) is 1.27. The van der Waals surface area contributed by atoms with Crippen molar-refractivity contribution in [3.05, 3.63) is 0 Å². The van der Waals surface area contributed by atoms with Gasteiger partial charge in [-0.1, -0.05) is 0 Å². The van der Waals surface area contributed by atoms with E-state index in [1.807, 2.05) is 20.8 Å². The Morgan fingerprint density at radius 1 is 1.50 bits per heavy atom. The molecule has 0 aromatic rings. The number of hydrogen-bond donors (Lipinski definition) is 0. The Labute approximate surface area is 89.3 Å². The average Bonchev–Trinajstić information content (AvgIpc) is 2.20. The summed E-state index contributed by atoms with van der Waals surface area (Å²) in [5.41, 5.74) is 0. The van der Waals surface area contributed by atoms with Crippen molar-refractivity contribution in [3.63, 3.8) is 0 Å². The predicted molar refractivity (Wildman–Crippen MR) is 57.1 cm³/mol. The first-order valence-corrected chi connectivity index (χ1v) is 7.09. The highest BCUT2D eigenvalue weighted by Gasteiger charge is 2.38. The molecule has 3 nitrogen and oxygen atoms in total. The summed E-state index contributed by atoms with van der Waals surface area (Å²) >= 11 is 2.09. The molecule has 72 valence electrons. The van der Waals surface area contributed by atoms with E-state index in [2.05, 4.69) is 21.2 Å². The molecule has 5 heteroatoms. The normalized spacial score (nSPS) is 34.0. The van der Waals surface area contributed by atoms with Crippen LogP contribution in [0.5, 0.6) is 0 Å². The molecule has 0 aromatic heterocycles. The van der Waals surface area contributed by atoms with Crippen LogP contribution in [0.25, 0.3) is 0 Å². The molecular weight excluding hydrogens is 291 g/mol. The van der Waals surface area contributed by atoms with E-state index in [1.165, 1.54) is 9.21 Å². The lowest BCUT2D eigenvalue weighted by Crippen LogP contribution is -2.24. The first-order valence-electron chi connectivity index (χ1n) is 3.81. The van der Waals surface area contributed by atoms with Gasteiger partial charge in [-0.15, -0.1) is 0 Å². The van der Waals surface area contributed by atoms with Crippen molar-refractivity contribution in [2.75, 3.05) is 6.61 Å². The summed E-state index contributed by atoms with van der Waals surface area (Å²) in [6, 6.07) is 0. The van der Waals surface area contributed by atoms with Crippen LogP contribution in [0.3, 0.4) is 0 Å². The molecule has 1 saturated heterocycles. The van der Waals surface area contributed by atoms with Crippen molar-refractivity contribution in [3.8, 4) is 0 Å². The van der Waals surface area contributed by atoms with E-state index in [1.54, 1.807) is 0 Å². The zero-order chi connectivity index (χ0) is 9.19. The van der Waals surface area contributed by atoms with Gasteiger partial charge >= 0.3 is 0 Å². The van der Waals surface area contributed by atoms with Crippen LogP contribution in [-0.4, -0.2) is 24.6 Å². The topological polar surface area (TPSA) is 27.7 Å². The quantitative estimate of drug-likeness (QED) is 0.591. The van der Waals surface area contributed by atoms with Gasteiger partial charge < -0.3 is 13.7 Å². The second kappa shape index (κ2) is 4.45. The maximum absolute atomic E-state index is 5.60. The Kier molecular flexibility index (Phi) is 4.10. The highest BCUT2D eigenvalue weighted by atomic mass is 127. The van der Waals surface area contributed by atoms with Gasteiger partial charge in [-0.25, -0.2) is 0 Å². The molecule has 0 bridgehead atoms. The molecule has 1 heterocycles. The second-order valence-electron chi connectivity index (χ2n) is 3.23. The van der Waals surface area contributed by atoms with E-state index < -0.39 is 5.79 Å². The Balaban J connectivity index is 2.36. The lowest BCUT2D eigenvalue weighted by atomic mass is 10.2. The first kappa shape index (κ1) is 11.0. The van der Waals surface area contributed by atoms with E-state index in [9.17, 15) is 0 Å². The van der Waals surface area contributed by atoms with Crippen molar-refractivity contribution in [2.45, 2.75) is 38.8 Å². The van der Waals surface area contributed by atoms with E-state index in [4.69, 9.17) is 13.7 Å². The fourth-order valence-corrected chi connectivity index (χ4v) is 1.90. The average molecular weight is 304 g/mol. The molecule has 0 saturated carbocycles. The molecule has 1 aliphatic rings. The van der Waals surface area contributed by atoms with Gasteiger partial charge in [0.1, 0.15) is 6.10 Å². The van der Waals surface area contributed by atoms with Crippen LogP contribution < -0.4 is 0 Å². The van der Waals surface area contributed by atoms with E-state index in [-0.39, 0.29) is 12.2 Å². The van der Waals surface area contributed by atoms with Crippen molar-refractivity contribution in [1.29, 1.82) is 0 Å². The van der Waals surface area contributed by atoms with Gasteiger partial charge in [0.25, 0.3) is 0 Å². The predicted octanol–water partition coefficient (Wildman–Crippen LogP) is 2.54. The van der Waals surface area contributed by atoms with Crippen LogP contribution in [0.1, 0.15) is 20.8 Å². The van der Waals surface area contributed by atoms with E-state index in [0.717, 1.165) is 0 Å². The molecule has 0 amide bonds. The van der Waals surface area contributed by atoms with Crippen LogP contribution in [-0.2, 0) is 13.7 Å². The zero-order valence-corrected chi connectivity index (χ0v) is 10.3. The summed E-state index contributed by atoms with van der Waals surface area (Å²) < 4.78 is 16.3. The minimum atomic E-state index is -0.455. The zero-order valence-electron chi connectivity index (χ0n) is 7.37. The van der Waals surface area contributed by atoms with Gasteiger partial charge in [0, 0.05) is 21.2 Å². The number of hydrogen-bond acceptors (Lipinski definition) is 4. The summed E-state index contributed by atoms with van der Waals surface area (Å²) in [6.07, 6.45) is 0.172. The summed E-state index contributed by atoms with van der Waals surface area (Å²) in [5, 5.41) is 0. The molecular formula is C7H13IO3S. The molecule has 2 atom stereocenters. The second-order valence-corrected chi connectivity index (χ2v) is 4.67. The third-order valence-corrected chi connectivity index (χ3v) is 2.69. The molecule has 1 aliphatic heterocycles. The molecule has 1 rings (SSSR count). The number of halogens is 1. The Hall–Kier alpha value is 0.960. The minimum absolute atomic E-state index is 0.0577. The summed E-state index contributed by atoms with van der Waals surface area (Å²) in [4.78, 5) is 0. The largest absolute Gasteiger partial charge is 0.345 e. The Bertz CT molecular complexity index is 154. The Morgan fingerprint density at radius 2 is 2.17 bits per heavy atom. The van der Waals surface area contributed by atoms with Gasteiger partial charge in [0.2, 0.25) is 0 Å². The van der Waals surface area contributed by atoms with Crippen LogP contribution in [0, 0.1) is 0 Å². The minimum Gasteiger partial charge on any atom is -0.345 e. The smallest absolute Gasteiger partial charge is 0.163 e. The highest BCUT2D eigenvalue weighted by molar-refractivity contribution is 14.2. The molecule has 0 spiro atoms. The van der Waals surface area contributed by atoms with Gasteiger partial charge in [-0.3, -0.25) is 0 Å². The van der Waals surface area contributed by atoms with Crippen LogP contribution in [0.4, 0.5) is 0 Å².